The van der Waals surface area contributed by atoms with Crippen molar-refractivity contribution in [3.8, 4) is 0 Å². The van der Waals surface area contributed by atoms with Crippen LogP contribution in [0.2, 0.25) is 5.02 Å². The van der Waals surface area contributed by atoms with Crippen LogP contribution >= 0.6 is 22.9 Å². The molecular weight excluding hydrogens is 685 g/mol. The van der Waals surface area contributed by atoms with Crippen molar-refractivity contribution in [1.29, 1.82) is 0 Å². The van der Waals surface area contributed by atoms with Gasteiger partial charge in [-0.15, -0.1) is 11.3 Å². The molecule has 0 bridgehead atoms. The van der Waals surface area contributed by atoms with E-state index in [0.29, 0.717) is 64.0 Å². The molecule has 3 aromatic rings. The van der Waals surface area contributed by atoms with Crippen LogP contribution in [0.1, 0.15) is 60.9 Å². The van der Waals surface area contributed by atoms with Crippen LogP contribution in [-0.4, -0.2) is 104 Å². The molecule has 0 spiro atoms. The second-order valence-electron chi connectivity index (χ2n) is 13.7. The molecule has 2 N–H and O–H groups in total. The van der Waals surface area contributed by atoms with Gasteiger partial charge in [0.15, 0.2) is 0 Å². The summed E-state index contributed by atoms with van der Waals surface area (Å²) in [4.78, 5) is 42.8. The lowest BCUT2D eigenvalue weighted by Gasteiger charge is -2.35. The van der Waals surface area contributed by atoms with Crippen LogP contribution in [0, 0.1) is 11.7 Å². The molecule has 2 amide bonds. The Labute approximate surface area is 300 Å². The van der Waals surface area contributed by atoms with Gasteiger partial charge in [-0.3, -0.25) is 19.3 Å². The van der Waals surface area contributed by atoms with Crippen LogP contribution in [0.5, 0.6) is 0 Å². The van der Waals surface area contributed by atoms with E-state index in [-0.39, 0.29) is 64.8 Å². The summed E-state index contributed by atoms with van der Waals surface area (Å²) in [7, 11) is 3.39. The Morgan fingerprint density at radius 1 is 0.980 bits per heavy atom. The summed E-state index contributed by atoms with van der Waals surface area (Å²) in [5.74, 6) is -2.37. The van der Waals surface area contributed by atoms with Crippen LogP contribution in [0.15, 0.2) is 41.8 Å². The van der Waals surface area contributed by atoms with Gasteiger partial charge in [0.1, 0.15) is 5.82 Å². The number of likely N-dealkylation sites (tertiary alicyclic amines) is 2. The van der Waals surface area contributed by atoms with Gasteiger partial charge in [-0.1, -0.05) is 29.8 Å². The number of halogens is 2. The van der Waals surface area contributed by atoms with Crippen molar-refractivity contribution in [3.05, 3.63) is 63.7 Å². The number of anilines is 1. The third-order valence-electron chi connectivity index (χ3n) is 10.5. The highest BCUT2D eigenvalue weighted by atomic mass is 35.5. The molecule has 6 rings (SSSR count). The Morgan fingerprint density at radius 3 is 2.36 bits per heavy atom. The van der Waals surface area contributed by atoms with Gasteiger partial charge < -0.3 is 29.5 Å². The Bertz CT molecular complexity index is 1670. The number of benzene rings is 2. The van der Waals surface area contributed by atoms with Gasteiger partial charge in [-0.2, -0.15) is 0 Å². The number of ether oxygens (including phenoxy) is 3. The zero-order chi connectivity index (χ0) is 35.4. The molecule has 1 aromatic heterocycles. The van der Waals surface area contributed by atoms with Gasteiger partial charge in [-0.25, -0.2) is 4.39 Å². The summed E-state index contributed by atoms with van der Waals surface area (Å²) in [6.07, 6.45) is 4.81. The number of rotatable bonds is 13. The molecule has 4 atom stereocenters. The molecule has 10 nitrogen and oxygen atoms in total. The van der Waals surface area contributed by atoms with Gasteiger partial charge in [0.2, 0.25) is 5.91 Å². The second kappa shape index (κ2) is 16.5. The van der Waals surface area contributed by atoms with Crippen LogP contribution in [0.4, 0.5) is 10.1 Å². The van der Waals surface area contributed by atoms with E-state index in [1.807, 2.05) is 29.2 Å². The van der Waals surface area contributed by atoms with E-state index in [2.05, 4.69) is 10.2 Å². The number of fused-ring (bicyclic) bond motifs is 1. The zero-order valence-electron chi connectivity index (χ0n) is 28.4. The van der Waals surface area contributed by atoms with Gasteiger partial charge in [0, 0.05) is 54.4 Å². The number of thiophene rings is 1. The number of methoxy groups -OCH3 is 2. The summed E-state index contributed by atoms with van der Waals surface area (Å²) >= 11 is 8.02. The number of hydrogen-bond donors (Lipinski definition) is 2. The fourth-order valence-corrected chi connectivity index (χ4v) is 9.20. The van der Waals surface area contributed by atoms with E-state index in [0.717, 1.165) is 22.9 Å². The number of carboxylic acid groups (broad SMARTS) is 1. The van der Waals surface area contributed by atoms with Crippen molar-refractivity contribution >= 4 is 56.5 Å². The van der Waals surface area contributed by atoms with Crippen LogP contribution in [-0.2, 0) is 30.2 Å². The maximum atomic E-state index is 15.6. The van der Waals surface area contributed by atoms with Gasteiger partial charge in [0.25, 0.3) is 5.91 Å². The Morgan fingerprint density at radius 2 is 1.68 bits per heavy atom. The molecule has 1 aliphatic carbocycles. The Hall–Kier alpha value is -3.13. The quantitative estimate of drug-likeness (QED) is 0.212. The molecule has 1 saturated carbocycles. The summed E-state index contributed by atoms with van der Waals surface area (Å²) in [5, 5.41) is 14.8. The zero-order valence-corrected chi connectivity index (χ0v) is 30.0. The third-order valence-corrected chi connectivity index (χ3v) is 11.8. The third kappa shape index (κ3) is 8.16. The van der Waals surface area contributed by atoms with E-state index >= 15 is 4.39 Å². The van der Waals surface area contributed by atoms with E-state index in [4.69, 9.17) is 25.8 Å². The molecular formula is C37H45ClFN3O7S. The van der Waals surface area contributed by atoms with Crippen LogP contribution < -0.4 is 5.32 Å². The minimum atomic E-state index is -0.764. The largest absolute Gasteiger partial charge is 0.481 e. The lowest BCUT2D eigenvalue weighted by atomic mass is 9.87. The molecule has 2 saturated heterocycles. The predicted molar refractivity (Wildman–Crippen MR) is 191 cm³/mol. The maximum absolute atomic E-state index is 15.6. The average molecular weight is 730 g/mol. The number of amides is 2. The lowest BCUT2D eigenvalue weighted by Crippen LogP contribution is -2.49. The van der Waals surface area contributed by atoms with Crippen molar-refractivity contribution < 1.29 is 38.1 Å². The molecule has 3 aliphatic rings. The first-order valence-electron chi connectivity index (χ1n) is 17.3. The first kappa shape index (κ1) is 36.7. The van der Waals surface area contributed by atoms with Gasteiger partial charge in [0.05, 0.1) is 60.6 Å². The summed E-state index contributed by atoms with van der Waals surface area (Å²) in [5.41, 5.74) is 0.754. The topological polar surface area (TPSA) is 118 Å². The number of nitrogens with zero attached hydrogens (tertiary/aromatic N) is 2. The molecule has 2 aliphatic heterocycles. The predicted octanol–water partition coefficient (Wildman–Crippen LogP) is 6.24. The minimum absolute atomic E-state index is 0.0392. The molecule has 0 unspecified atom stereocenters. The SMILES string of the molecule is COC[C@H]1CC[C@H](COC)N1[C@H]1C[C@@H](CO[C@H]2CC[C@H](C(=O)O)CC2)N(C(=O)Cc2cc(Cl)c(NC(=O)c3csc4ccccc34)cc2F)C1. The van der Waals surface area contributed by atoms with Crippen molar-refractivity contribution in [3.63, 3.8) is 0 Å². The molecule has 2 aromatic carbocycles. The number of aliphatic carboxylic acids is 1. The number of carbonyl (C=O) groups is 3. The standard InChI is InChI=1S/C37H45ClFN3O7S/c1-47-18-24-9-10-25(19-48-2)42(24)26-15-27(20-49-28-11-7-22(8-12-28)37(45)46)41(17-26)35(43)14-23-13-31(38)33(16-32(23)39)40-36(44)30-21-50-34-6-4-3-5-29(30)34/h3-6,13,16,21-22,24-28H,7-12,14-15,17-20H2,1-2H3,(H,40,44)(H,45,46)/t22-,24-,25-,26+,27+,28-/m1/s1. The summed E-state index contributed by atoms with van der Waals surface area (Å²) in [6, 6.07) is 10.3. The van der Waals surface area contributed by atoms with E-state index < -0.39 is 17.7 Å². The maximum Gasteiger partial charge on any atom is 0.306 e. The van der Waals surface area contributed by atoms with Crippen molar-refractivity contribution in [1.82, 2.24) is 9.80 Å². The molecule has 3 heterocycles. The van der Waals surface area contributed by atoms with Crippen molar-refractivity contribution in [2.75, 3.05) is 45.9 Å². The summed E-state index contributed by atoms with van der Waals surface area (Å²) < 4.78 is 34.1. The highest BCUT2D eigenvalue weighted by Crippen LogP contribution is 2.35. The fourth-order valence-electron chi connectivity index (χ4n) is 8.02. The van der Waals surface area contributed by atoms with Crippen LogP contribution in [0.3, 0.4) is 0 Å². The van der Waals surface area contributed by atoms with Crippen molar-refractivity contribution in [2.24, 2.45) is 5.92 Å². The highest BCUT2D eigenvalue weighted by Gasteiger charge is 2.45. The number of carboxylic acids is 1. The Kier molecular flexibility index (Phi) is 12.1. The Balaban J connectivity index is 1.17. The fraction of sp³-hybridized carbons (Fsp3) is 0.541. The summed E-state index contributed by atoms with van der Waals surface area (Å²) in [6.45, 7) is 1.92. The average Bonchev–Trinajstić information content (AvgIpc) is 3.83. The molecule has 13 heteroatoms. The minimum Gasteiger partial charge on any atom is -0.481 e. The number of nitrogens with one attached hydrogen (secondary N) is 1. The van der Waals surface area contributed by atoms with Gasteiger partial charge in [-0.05, 0) is 68.7 Å². The van der Waals surface area contributed by atoms with Crippen LogP contribution in [0.25, 0.3) is 10.1 Å². The highest BCUT2D eigenvalue weighted by molar-refractivity contribution is 7.17. The normalized spacial score (nSPS) is 25.7. The monoisotopic (exact) mass is 729 g/mol. The van der Waals surface area contributed by atoms with Crippen molar-refractivity contribution in [2.45, 2.75) is 81.6 Å². The molecule has 50 heavy (non-hydrogen) atoms. The number of hydrogen-bond acceptors (Lipinski definition) is 8. The van der Waals surface area contributed by atoms with E-state index in [9.17, 15) is 19.5 Å². The second-order valence-corrected chi connectivity index (χ2v) is 15.0. The first-order chi connectivity index (χ1) is 24.2. The molecule has 0 radical (unpaired) electrons. The molecule has 270 valence electrons. The smallest absolute Gasteiger partial charge is 0.306 e. The first-order valence-corrected chi connectivity index (χ1v) is 18.6. The lowest BCUT2D eigenvalue weighted by molar-refractivity contribution is -0.144. The van der Waals surface area contributed by atoms with E-state index in [1.165, 1.54) is 23.5 Å². The van der Waals surface area contributed by atoms with Gasteiger partial charge >= 0.3 is 5.97 Å². The van der Waals surface area contributed by atoms with E-state index in [1.54, 1.807) is 19.6 Å². The molecule has 3 fully saturated rings. The number of carbonyl (C=O) groups excluding carboxylic acids is 2.